The lowest BCUT2D eigenvalue weighted by Gasteiger charge is -2.32. The summed E-state index contributed by atoms with van der Waals surface area (Å²) < 4.78 is 18.8. The first-order chi connectivity index (χ1) is 9.15. The van der Waals surface area contributed by atoms with Crippen molar-refractivity contribution >= 4 is 5.91 Å². The van der Waals surface area contributed by atoms with E-state index in [1.807, 2.05) is 0 Å². The van der Waals surface area contributed by atoms with E-state index in [0.717, 1.165) is 12.8 Å². The van der Waals surface area contributed by atoms with Gasteiger partial charge in [-0.15, -0.1) is 0 Å². The monoisotopic (exact) mass is 267 g/mol. The number of rotatable bonds is 3. The molecule has 0 aromatic heterocycles. The molecule has 0 aliphatic carbocycles. The van der Waals surface area contributed by atoms with E-state index in [1.165, 1.54) is 19.2 Å². The maximum absolute atomic E-state index is 13.8. The highest BCUT2D eigenvalue weighted by atomic mass is 19.1. The third kappa shape index (κ3) is 3.04. The summed E-state index contributed by atoms with van der Waals surface area (Å²) in [5.41, 5.74) is 0.0550. The van der Waals surface area contributed by atoms with Gasteiger partial charge in [0.2, 0.25) is 0 Å². The molecule has 1 aromatic rings. The number of benzene rings is 1. The molecule has 1 aliphatic rings. The van der Waals surface area contributed by atoms with Gasteiger partial charge in [0.25, 0.3) is 5.91 Å². The Morgan fingerprint density at radius 1 is 1.58 bits per heavy atom. The van der Waals surface area contributed by atoms with E-state index in [4.69, 9.17) is 9.84 Å². The molecule has 19 heavy (non-hydrogen) atoms. The van der Waals surface area contributed by atoms with Crippen LogP contribution in [-0.2, 0) is 0 Å². The van der Waals surface area contributed by atoms with Gasteiger partial charge < -0.3 is 14.7 Å². The van der Waals surface area contributed by atoms with E-state index in [2.05, 4.69) is 0 Å². The van der Waals surface area contributed by atoms with Crippen LogP contribution in [-0.4, -0.2) is 42.7 Å². The van der Waals surface area contributed by atoms with E-state index in [1.54, 1.807) is 11.0 Å². The average molecular weight is 267 g/mol. The third-order valence-electron chi connectivity index (χ3n) is 3.47. The number of aliphatic hydroxyl groups excluding tert-OH is 1. The zero-order chi connectivity index (χ0) is 13.8. The number of aliphatic hydroxyl groups is 1. The molecule has 2 rings (SSSR count). The molecule has 1 N–H and O–H groups in total. The lowest BCUT2D eigenvalue weighted by Crippen LogP contribution is -2.41. The maximum Gasteiger partial charge on any atom is 0.256 e. The Morgan fingerprint density at radius 3 is 3.00 bits per heavy atom. The lowest BCUT2D eigenvalue weighted by molar-refractivity contribution is 0.0616. The number of ether oxygens (including phenoxy) is 1. The summed E-state index contributed by atoms with van der Waals surface area (Å²) in [5, 5.41) is 9.16. The fraction of sp³-hybridized carbons (Fsp3) is 0.500. The van der Waals surface area contributed by atoms with Gasteiger partial charge in [-0.25, -0.2) is 4.39 Å². The van der Waals surface area contributed by atoms with Gasteiger partial charge in [0.15, 0.2) is 0 Å². The molecule has 4 nitrogen and oxygen atoms in total. The molecule has 1 heterocycles. The van der Waals surface area contributed by atoms with E-state index in [-0.39, 0.29) is 24.0 Å². The topological polar surface area (TPSA) is 49.8 Å². The Kier molecular flexibility index (Phi) is 4.37. The van der Waals surface area contributed by atoms with Gasteiger partial charge >= 0.3 is 0 Å². The molecule has 1 aliphatic heterocycles. The van der Waals surface area contributed by atoms with Gasteiger partial charge in [-0.3, -0.25) is 4.79 Å². The van der Waals surface area contributed by atoms with Crippen LogP contribution in [0.5, 0.6) is 5.75 Å². The summed E-state index contributed by atoms with van der Waals surface area (Å²) in [6, 6.07) is 4.23. The molecule has 1 amide bonds. The number of amides is 1. The number of halogens is 1. The number of carbonyl (C=O) groups excluding carboxylic acids is 1. The van der Waals surface area contributed by atoms with Crippen molar-refractivity contribution in [3.05, 3.63) is 29.6 Å². The molecule has 1 unspecified atom stereocenters. The van der Waals surface area contributed by atoms with Crippen molar-refractivity contribution in [3.63, 3.8) is 0 Å². The van der Waals surface area contributed by atoms with Gasteiger partial charge in [-0.05, 0) is 30.9 Å². The second-order valence-corrected chi connectivity index (χ2v) is 4.79. The van der Waals surface area contributed by atoms with Crippen molar-refractivity contribution in [3.8, 4) is 5.75 Å². The van der Waals surface area contributed by atoms with Crippen LogP contribution in [0.1, 0.15) is 23.2 Å². The van der Waals surface area contributed by atoms with Crippen molar-refractivity contribution < 1.29 is 19.0 Å². The number of piperidine rings is 1. The van der Waals surface area contributed by atoms with E-state index >= 15 is 0 Å². The SMILES string of the molecule is COc1ccc(C(=O)N2CCCC(CO)C2)c(F)c1. The molecule has 0 radical (unpaired) electrons. The van der Waals surface area contributed by atoms with Gasteiger partial charge in [-0.2, -0.15) is 0 Å². The average Bonchev–Trinajstić information content (AvgIpc) is 2.46. The highest BCUT2D eigenvalue weighted by Crippen LogP contribution is 2.21. The van der Waals surface area contributed by atoms with E-state index in [0.29, 0.717) is 18.8 Å². The molecule has 1 aromatic carbocycles. The van der Waals surface area contributed by atoms with Gasteiger partial charge in [0, 0.05) is 25.8 Å². The van der Waals surface area contributed by atoms with Gasteiger partial charge in [0.1, 0.15) is 11.6 Å². The molecule has 0 bridgehead atoms. The lowest BCUT2D eigenvalue weighted by atomic mass is 9.98. The van der Waals surface area contributed by atoms with Crippen LogP contribution in [0, 0.1) is 11.7 Å². The summed E-state index contributed by atoms with van der Waals surface area (Å²) in [7, 11) is 1.45. The van der Waals surface area contributed by atoms with Crippen LogP contribution < -0.4 is 4.74 Å². The van der Waals surface area contributed by atoms with Gasteiger partial charge in [0.05, 0.1) is 12.7 Å². The minimum Gasteiger partial charge on any atom is -0.497 e. The molecule has 5 heteroatoms. The van der Waals surface area contributed by atoms with Crippen LogP contribution >= 0.6 is 0 Å². The summed E-state index contributed by atoms with van der Waals surface area (Å²) in [6.45, 7) is 1.16. The summed E-state index contributed by atoms with van der Waals surface area (Å²) in [6.07, 6.45) is 1.75. The normalized spacial score (nSPS) is 19.3. The largest absolute Gasteiger partial charge is 0.497 e. The predicted molar refractivity (Wildman–Crippen MR) is 68.7 cm³/mol. The molecule has 0 saturated carbocycles. The maximum atomic E-state index is 13.8. The molecule has 1 atom stereocenters. The van der Waals surface area contributed by atoms with Gasteiger partial charge in [-0.1, -0.05) is 0 Å². The van der Waals surface area contributed by atoms with Crippen LogP contribution in [0.15, 0.2) is 18.2 Å². The number of likely N-dealkylation sites (tertiary alicyclic amines) is 1. The fourth-order valence-electron chi connectivity index (χ4n) is 2.37. The minimum atomic E-state index is -0.574. The Morgan fingerprint density at radius 2 is 2.37 bits per heavy atom. The minimum absolute atomic E-state index is 0.0550. The van der Waals surface area contributed by atoms with Crippen LogP contribution in [0.2, 0.25) is 0 Å². The van der Waals surface area contributed by atoms with E-state index in [9.17, 15) is 9.18 Å². The number of carbonyl (C=O) groups is 1. The van der Waals surface area contributed by atoms with Crippen LogP contribution in [0.25, 0.3) is 0 Å². The standard InChI is InChI=1S/C14H18FNO3/c1-19-11-4-5-12(13(15)7-11)14(18)16-6-2-3-10(8-16)9-17/h4-5,7,10,17H,2-3,6,8-9H2,1H3. The molecular formula is C14H18FNO3. The second-order valence-electron chi connectivity index (χ2n) is 4.79. The number of methoxy groups -OCH3 is 1. The third-order valence-corrected chi connectivity index (χ3v) is 3.47. The first kappa shape index (κ1) is 13.8. The molecular weight excluding hydrogens is 249 g/mol. The predicted octanol–water partition coefficient (Wildman–Crippen LogP) is 1.68. The number of nitrogens with zero attached hydrogens (tertiary/aromatic N) is 1. The zero-order valence-electron chi connectivity index (χ0n) is 10.9. The Balaban J connectivity index is 2.15. The highest BCUT2D eigenvalue weighted by molar-refractivity contribution is 5.94. The van der Waals surface area contributed by atoms with Crippen LogP contribution in [0.3, 0.4) is 0 Å². The zero-order valence-corrected chi connectivity index (χ0v) is 10.9. The Bertz CT molecular complexity index is 464. The number of hydrogen-bond acceptors (Lipinski definition) is 3. The smallest absolute Gasteiger partial charge is 0.256 e. The first-order valence-corrected chi connectivity index (χ1v) is 6.39. The van der Waals surface area contributed by atoms with Crippen molar-refractivity contribution in [2.24, 2.45) is 5.92 Å². The van der Waals surface area contributed by atoms with Crippen molar-refractivity contribution in [2.75, 3.05) is 26.8 Å². The van der Waals surface area contributed by atoms with Crippen molar-refractivity contribution in [1.82, 2.24) is 4.90 Å². The van der Waals surface area contributed by atoms with Crippen LogP contribution in [0.4, 0.5) is 4.39 Å². The summed E-state index contributed by atoms with van der Waals surface area (Å²) >= 11 is 0. The Labute approximate surface area is 111 Å². The van der Waals surface area contributed by atoms with E-state index < -0.39 is 5.82 Å². The van der Waals surface area contributed by atoms with Crippen molar-refractivity contribution in [1.29, 1.82) is 0 Å². The Hall–Kier alpha value is -1.62. The molecule has 1 saturated heterocycles. The summed E-state index contributed by atoms with van der Waals surface area (Å²) in [4.78, 5) is 13.9. The fourth-order valence-corrected chi connectivity index (χ4v) is 2.37. The second kappa shape index (κ2) is 6.02. The quantitative estimate of drug-likeness (QED) is 0.906. The number of hydrogen-bond donors (Lipinski definition) is 1. The molecule has 1 fully saturated rings. The molecule has 0 spiro atoms. The first-order valence-electron chi connectivity index (χ1n) is 6.39. The van der Waals surface area contributed by atoms with Crippen molar-refractivity contribution in [2.45, 2.75) is 12.8 Å². The molecule has 104 valence electrons. The summed E-state index contributed by atoms with van der Waals surface area (Å²) in [5.74, 6) is -0.409. The highest BCUT2D eigenvalue weighted by Gasteiger charge is 2.25.